The largest absolute Gasteiger partial charge is 0.384 e. The lowest BCUT2D eigenvalue weighted by molar-refractivity contribution is 0.158. The SMILES string of the molecule is NC1=Nc2cc(Cl)cc(Cl)c2C1(O)c1ccccc1. The monoisotopic (exact) mass is 292 g/mol. The van der Waals surface area contributed by atoms with Gasteiger partial charge in [0.25, 0.3) is 0 Å². The molecule has 19 heavy (non-hydrogen) atoms. The van der Waals surface area contributed by atoms with E-state index in [9.17, 15) is 5.11 Å². The molecule has 0 fully saturated rings. The zero-order valence-electron chi connectivity index (χ0n) is 9.77. The summed E-state index contributed by atoms with van der Waals surface area (Å²) in [7, 11) is 0. The molecule has 2 aromatic carbocycles. The summed E-state index contributed by atoms with van der Waals surface area (Å²) in [6.45, 7) is 0. The summed E-state index contributed by atoms with van der Waals surface area (Å²) < 4.78 is 0. The van der Waals surface area contributed by atoms with Crippen molar-refractivity contribution in [2.45, 2.75) is 5.60 Å². The van der Waals surface area contributed by atoms with Crippen LogP contribution in [0.15, 0.2) is 47.5 Å². The number of nitrogens with zero attached hydrogens (tertiary/aromatic N) is 1. The Kier molecular flexibility index (Phi) is 2.78. The van der Waals surface area contributed by atoms with Crippen molar-refractivity contribution in [3.05, 3.63) is 63.6 Å². The summed E-state index contributed by atoms with van der Waals surface area (Å²) >= 11 is 12.1. The van der Waals surface area contributed by atoms with Gasteiger partial charge in [0, 0.05) is 10.6 Å². The van der Waals surface area contributed by atoms with Crippen molar-refractivity contribution in [3.63, 3.8) is 0 Å². The third-order valence-corrected chi connectivity index (χ3v) is 3.72. The molecule has 1 aliphatic heterocycles. The van der Waals surface area contributed by atoms with Gasteiger partial charge in [-0.2, -0.15) is 0 Å². The van der Waals surface area contributed by atoms with Crippen LogP contribution in [0, 0.1) is 0 Å². The van der Waals surface area contributed by atoms with Gasteiger partial charge in [0.15, 0.2) is 5.60 Å². The number of rotatable bonds is 1. The van der Waals surface area contributed by atoms with E-state index in [2.05, 4.69) is 4.99 Å². The molecule has 5 heteroatoms. The van der Waals surface area contributed by atoms with Gasteiger partial charge in [0.1, 0.15) is 5.84 Å². The van der Waals surface area contributed by atoms with Gasteiger partial charge in [-0.25, -0.2) is 4.99 Å². The molecule has 1 aliphatic rings. The average molecular weight is 293 g/mol. The van der Waals surface area contributed by atoms with Crippen molar-refractivity contribution in [2.75, 3.05) is 0 Å². The summed E-state index contributed by atoms with van der Waals surface area (Å²) in [6, 6.07) is 12.3. The van der Waals surface area contributed by atoms with E-state index in [0.29, 0.717) is 26.9 Å². The van der Waals surface area contributed by atoms with Crippen LogP contribution in [0.25, 0.3) is 0 Å². The average Bonchev–Trinajstić information content (AvgIpc) is 2.63. The van der Waals surface area contributed by atoms with Crippen molar-refractivity contribution in [1.82, 2.24) is 0 Å². The van der Waals surface area contributed by atoms with Crippen LogP contribution in [-0.4, -0.2) is 10.9 Å². The Labute approximate surface area is 120 Å². The predicted octanol–water partition coefficient (Wildman–Crippen LogP) is 3.23. The molecule has 0 aliphatic carbocycles. The zero-order chi connectivity index (χ0) is 13.6. The molecule has 2 aromatic rings. The Morgan fingerprint density at radius 2 is 1.79 bits per heavy atom. The second kappa shape index (κ2) is 4.23. The number of aliphatic hydroxyl groups is 1. The minimum absolute atomic E-state index is 0.0952. The molecular weight excluding hydrogens is 283 g/mol. The van der Waals surface area contributed by atoms with E-state index in [1.165, 1.54) is 0 Å². The number of aliphatic imine (C=N–C) groups is 1. The Hall–Kier alpha value is -1.55. The van der Waals surface area contributed by atoms with Gasteiger partial charge >= 0.3 is 0 Å². The summed E-state index contributed by atoms with van der Waals surface area (Å²) in [6.07, 6.45) is 0. The van der Waals surface area contributed by atoms with Gasteiger partial charge in [-0.05, 0) is 17.7 Å². The van der Waals surface area contributed by atoms with Crippen LogP contribution >= 0.6 is 23.2 Å². The lowest BCUT2D eigenvalue weighted by atomic mass is 9.86. The standard InChI is InChI=1S/C14H10Cl2N2O/c15-9-6-10(16)12-11(7-9)18-13(17)14(12,19)8-4-2-1-3-5-8/h1-7,19H,(H2,17,18). The first-order chi connectivity index (χ1) is 9.03. The maximum atomic E-state index is 11.0. The molecule has 3 rings (SSSR count). The molecule has 96 valence electrons. The number of hydrogen-bond donors (Lipinski definition) is 2. The van der Waals surface area contributed by atoms with Gasteiger partial charge in [0.05, 0.1) is 10.7 Å². The number of hydrogen-bond acceptors (Lipinski definition) is 3. The molecule has 0 saturated carbocycles. The van der Waals surface area contributed by atoms with Gasteiger partial charge < -0.3 is 10.8 Å². The van der Waals surface area contributed by atoms with Crippen molar-refractivity contribution < 1.29 is 5.11 Å². The number of benzene rings is 2. The van der Waals surface area contributed by atoms with E-state index < -0.39 is 5.60 Å². The Balaban J connectivity index is 2.30. The molecule has 3 nitrogen and oxygen atoms in total. The molecule has 1 unspecified atom stereocenters. The van der Waals surface area contributed by atoms with Crippen LogP contribution in [0.5, 0.6) is 0 Å². The molecule has 0 spiro atoms. The van der Waals surface area contributed by atoms with Crippen LogP contribution in [0.1, 0.15) is 11.1 Å². The van der Waals surface area contributed by atoms with Gasteiger partial charge in [0.2, 0.25) is 0 Å². The van der Waals surface area contributed by atoms with Crippen LogP contribution in [-0.2, 0) is 5.60 Å². The molecular formula is C14H10Cl2N2O. The van der Waals surface area contributed by atoms with Gasteiger partial charge in [-0.3, -0.25) is 0 Å². The lowest BCUT2D eigenvalue weighted by Crippen LogP contribution is -2.39. The maximum Gasteiger partial charge on any atom is 0.176 e. The third kappa shape index (κ3) is 1.74. The van der Waals surface area contributed by atoms with Crippen molar-refractivity contribution >= 4 is 34.7 Å². The van der Waals surface area contributed by atoms with Crippen molar-refractivity contribution in [3.8, 4) is 0 Å². The summed E-state index contributed by atoms with van der Waals surface area (Å²) in [5.41, 5.74) is 6.01. The minimum Gasteiger partial charge on any atom is -0.384 e. The fraction of sp³-hybridized carbons (Fsp3) is 0.0714. The number of fused-ring (bicyclic) bond motifs is 1. The van der Waals surface area contributed by atoms with Gasteiger partial charge in [-0.1, -0.05) is 53.5 Å². The molecule has 0 aromatic heterocycles. The molecule has 1 heterocycles. The van der Waals surface area contributed by atoms with Crippen molar-refractivity contribution in [2.24, 2.45) is 10.7 Å². The maximum absolute atomic E-state index is 11.0. The molecule has 0 amide bonds. The highest BCUT2D eigenvalue weighted by molar-refractivity contribution is 6.36. The van der Waals surface area contributed by atoms with E-state index in [0.717, 1.165) is 0 Å². The molecule has 0 radical (unpaired) electrons. The highest BCUT2D eigenvalue weighted by Gasteiger charge is 2.44. The summed E-state index contributed by atoms with van der Waals surface area (Å²) in [5.74, 6) is 0.0952. The third-order valence-electron chi connectivity index (χ3n) is 3.20. The second-order valence-corrected chi connectivity index (χ2v) is 5.20. The van der Waals surface area contributed by atoms with E-state index in [1.807, 2.05) is 18.2 Å². The highest BCUT2D eigenvalue weighted by Crippen LogP contribution is 2.46. The second-order valence-electron chi connectivity index (χ2n) is 4.36. The quantitative estimate of drug-likeness (QED) is 0.848. The predicted molar refractivity (Wildman–Crippen MR) is 77.2 cm³/mol. The lowest BCUT2D eigenvalue weighted by Gasteiger charge is -2.25. The fourth-order valence-corrected chi connectivity index (χ4v) is 2.94. The minimum atomic E-state index is -1.50. The normalized spacial score (nSPS) is 21.1. The van der Waals surface area contributed by atoms with E-state index in [1.54, 1.807) is 24.3 Å². The number of nitrogens with two attached hydrogens (primary N) is 1. The number of halogens is 2. The van der Waals surface area contributed by atoms with E-state index in [-0.39, 0.29) is 5.84 Å². The van der Waals surface area contributed by atoms with Crippen molar-refractivity contribution in [1.29, 1.82) is 0 Å². The Morgan fingerprint density at radius 3 is 2.47 bits per heavy atom. The Morgan fingerprint density at radius 1 is 1.11 bits per heavy atom. The van der Waals surface area contributed by atoms with Crippen LogP contribution < -0.4 is 5.73 Å². The molecule has 3 N–H and O–H groups in total. The number of amidine groups is 1. The Bertz CT molecular complexity index is 685. The summed E-state index contributed by atoms with van der Waals surface area (Å²) in [4.78, 5) is 4.18. The first-order valence-electron chi connectivity index (χ1n) is 5.65. The highest BCUT2D eigenvalue weighted by atomic mass is 35.5. The van der Waals surface area contributed by atoms with E-state index >= 15 is 0 Å². The van der Waals surface area contributed by atoms with Crippen LogP contribution in [0.4, 0.5) is 5.69 Å². The zero-order valence-corrected chi connectivity index (χ0v) is 11.3. The molecule has 0 bridgehead atoms. The molecule has 1 atom stereocenters. The topological polar surface area (TPSA) is 58.6 Å². The van der Waals surface area contributed by atoms with Crippen LogP contribution in [0.2, 0.25) is 10.0 Å². The van der Waals surface area contributed by atoms with Crippen LogP contribution in [0.3, 0.4) is 0 Å². The fourth-order valence-electron chi connectivity index (χ4n) is 2.32. The summed E-state index contributed by atoms with van der Waals surface area (Å²) in [5, 5.41) is 11.8. The van der Waals surface area contributed by atoms with Gasteiger partial charge in [-0.15, -0.1) is 0 Å². The smallest absolute Gasteiger partial charge is 0.176 e. The van der Waals surface area contributed by atoms with E-state index in [4.69, 9.17) is 28.9 Å². The molecule has 0 saturated heterocycles. The first kappa shape index (κ1) is 12.5. The first-order valence-corrected chi connectivity index (χ1v) is 6.41.